The maximum absolute atomic E-state index is 13.3. The number of carboxylic acids is 1. The highest BCUT2D eigenvalue weighted by molar-refractivity contribution is 5.76. The second kappa shape index (κ2) is 8.54. The van der Waals surface area contributed by atoms with Gasteiger partial charge >= 0.3 is 12.1 Å². The van der Waals surface area contributed by atoms with E-state index in [2.05, 4.69) is 5.32 Å². The molecule has 4 nitrogen and oxygen atoms in total. The van der Waals surface area contributed by atoms with Crippen molar-refractivity contribution in [1.82, 2.24) is 5.32 Å². The third-order valence-corrected chi connectivity index (χ3v) is 5.15. The van der Waals surface area contributed by atoms with Crippen LogP contribution in [0, 0.1) is 0 Å². The minimum Gasteiger partial charge on any atom is -0.507 e. The van der Waals surface area contributed by atoms with E-state index in [0.717, 1.165) is 6.07 Å². The average Bonchev–Trinajstić information content (AvgIpc) is 2.60. The van der Waals surface area contributed by atoms with Gasteiger partial charge < -0.3 is 10.2 Å². The van der Waals surface area contributed by atoms with E-state index in [-0.39, 0.29) is 17.9 Å². The SMILES string of the molecule is CC(C)(C)c1cc(C(NCc2ccccc2C(F)(F)F)C(=O)O)cc(C(C)(C)C)c1O. The van der Waals surface area contributed by atoms with Crippen LogP contribution in [0.2, 0.25) is 0 Å². The Morgan fingerprint density at radius 1 is 0.935 bits per heavy atom. The first-order chi connectivity index (χ1) is 14.0. The summed E-state index contributed by atoms with van der Waals surface area (Å²) in [7, 11) is 0. The first-order valence-electron chi connectivity index (χ1n) is 10.0. The monoisotopic (exact) mass is 437 g/mol. The number of rotatable bonds is 5. The molecular weight excluding hydrogens is 407 g/mol. The highest BCUT2D eigenvalue weighted by atomic mass is 19.4. The van der Waals surface area contributed by atoms with Crippen LogP contribution in [0.3, 0.4) is 0 Å². The second-order valence-corrected chi connectivity index (χ2v) is 9.77. The zero-order chi connectivity index (χ0) is 23.8. The number of carboxylic acid groups (broad SMARTS) is 1. The van der Waals surface area contributed by atoms with E-state index < -0.39 is 34.6 Å². The molecule has 1 atom stereocenters. The summed E-state index contributed by atoms with van der Waals surface area (Å²) in [6.45, 7) is 11.1. The Morgan fingerprint density at radius 3 is 1.84 bits per heavy atom. The molecule has 1 unspecified atom stereocenters. The standard InChI is InChI=1S/C24H30F3NO3/c1-22(2,3)17-11-15(12-18(20(17)29)23(4,5)6)19(21(30)31)28-13-14-9-7-8-10-16(14)24(25,26)27/h7-12,19,28-29H,13H2,1-6H3,(H,30,31). The fourth-order valence-corrected chi connectivity index (χ4v) is 3.48. The number of benzene rings is 2. The molecule has 2 aromatic carbocycles. The third-order valence-electron chi connectivity index (χ3n) is 5.15. The van der Waals surface area contributed by atoms with Gasteiger partial charge in [0.1, 0.15) is 11.8 Å². The fraction of sp³-hybridized carbons (Fsp3) is 0.458. The van der Waals surface area contributed by atoms with Gasteiger partial charge in [-0.2, -0.15) is 13.2 Å². The Morgan fingerprint density at radius 2 is 1.42 bits per heavy atom. The molecule has 0 amide bonds. The van der Waals surface area contributed by atoms with Crippen LogP contribution in [0.4, 0.5) is 13.2 Å². The predicted octanol–water partition coefficient (Wildman–Crippen LogP) is 5.92. The molecule has 2 aromatic rings. The summed E-state index contributed by atoms with van der Waals surface area (Å²) in [6, 6.07) is 7.07. The van der Waals surface area contributed by atoms with Crippen LogP contribution < -0.4 is 5.32 Å². The number of phenolic OH excluding ortho intramolecular Hbond substituents is 1. The van der Waals surface area contributed by atoms with E-state index in [1.807, 2.05) is 41.5 Å². The van der Waals surface area contributed by atoms with Gasteiger partial charge in [-0.25, -0.2) is 0 Å². The molecule has 0 aliphatic carbocycles. The van der Waals surface area contributed by atoms with Gasteiger partial charge in [-0.15, -0.1) is 0 Å². The van der Waals surface area contributed by atoms with Crippen molar-refractivity contribution in [2.75, 3.05) is 0 Å². The van der Waals surface area contributed by atoms with Crippen LogP contribution in [0.25, 0.3) is 0 Å². The topological polar surface area (TPSA) is 69.6 Å². The van der Waals surface area contributed by atoms with Crippen LogP contribution in [0.1, 0.15) is 75.4 Å². The van der Waals surface area contributed by atoms with E-state index in [0.29, 0.717) is 16.7 Å². The number of nitrogens with one attached hydrogen (secondary N) is 1. The van der Waals surface area contributed by atoms with E-state index >= 15 is 0 Å². The second-order valence-electron chi connectivity index (χ2n) is 9.77. The molecule has 7 heteroatoms. The largest absolute Gasteiger partial charge is 0.507 e. The Balaban J connectivity index is 2.53. The number of aliphatic carboxylic acids is 1. The normalized spacial score (nSPS) is 13.8. The van der Waals surface area contributed by atoms with Crippen LogP contribution in [0.5, 0.6) is 5.75 Å². The predicted molar refractivity (Wildman–Crippen MR) is 114 cm³/mol. The smallest absolute Gasteiger partial charge is 0.416 e. The molecule has 2 rings (SSSR count). The van der Waals surface area contributed by atoms with Gasteiger partial charge in [0, 0.05) is 6.54 Å². The van der Waals surface area contributed by atoms with E-state index in [4.69, 9.17) is 0 Å². The van der Waals surface area contributed by atoms with Crippen molar-refractivity contribution >= 4 is 5.97 Å². The quantitative estimate of drug-likeness (QED) is 0.543. The summed E-state index contributed by atoms with van der Waals surface area (Å²) in [4.78, 5) is 12.1. The number of aromatic hydroxyl groups is 1. The highest BCUT2D eigenvalue weighted by Gasteiger charge is 2.34. The summed E-state index contributed by atoms with van der Waals surface area (Å²) < 4.78 is 39.9. The van der Waals surface area contributed by atoms with Gasteiger partial charge in [-0.05, 0) is 51.3 Å². The average molecular weight is 438 g/mol. The molecular formula is C24H30F3NO3. The molecule has 31 heavy (non-hydrogen) atoms. The summed E-state index contributed by atoms with van der Waals surface area (Å²) in [5.41, 5.74) is -0.227. The molecule has 170 valence electrons. The van der Waals surface area contributed by atoms with Gasteiger partial charge in [0.25, 0.3) is 0 Å². The number of hydrogen-bond donors (Lipinski definition) is 3. The van der Waals surface area contributed by atoms with Gasteiger partial charge in [0.15, 0.2) is 0 Å². The van der Waals surface area contributed by atoms with Crippen molar-refractivity contribution in [2.45, 2.75) is 71.1 Å². The van der Waals surface area contributed by atoms with Crippen molar-refractivity contribution in [3.63, 3.8) is 0 Å². The summed E-state index contributed by atoms with van der Waals surface area (Å²) in [6.07, 6.45) is -4.53. The molecule has 3 N–H and O–H groups in total. The summed E-state index contributed by atoms with van der Waals surface area (Å²) in [5, 5.41) is 23.4. The zero-order valence-corrected chi connectivity index (χ0v) is 18.7. The molecule has 0 radical (unpaired) electrons. The number of alkyl halides is 3. The minimum absolute atomic E-state index is 0.0351. The molecule has 0 saturated heterocycles. The minimum atomic E-state index is -4.53. The molecule has 0 fully saturated rings. The number of halogens is 3. The molecule has 0 heterocycles. The van der Waals surface area contributed by atoms with Crippen molar-refractivity contribution in [3.8, 4) is 5.75 Å². The molecule has 0 aliphatic rings. The lowest BCUT2D eigenvalue weighted by molar-refractivity contribution is -0.139. The van der Waals surface area contributed by atoms with Crippen molar-refractivity contribution in [1.29, 1.82) is 0 Å². The van der Waals surface area contributed by atoms with Crippen molar-refractivity contribution < 1.29 is 28.2 Å². The van der Waals surface area contributed by atoms with E-state index in [1.165, 1.54) is 18.2 Å². The van der Waals surface area contributed by atoms with Gasteiger partial charge in [-0.3, -0.25) is 10.1 Å². The Labute approximate surface area is 181 Å². The Kier molecular flexibility index (Phi) is 6.81. The number of hydrogen-bond acceptors (Lipinski definition) is 3. The summed E-state index contributed by atoms with van der Waals surface area (Å²) >= 11 is 0. The molecule has 0 saturated carbocycles. The van der Waals surface area contributed by atoms with Crippen LogP contribution in [-0.2, 0) is 28.3 Å². The van der Waals surface area contributed by atoms with E-state index in [9.17, 15) is 28.2 Å². The molecule has 0 bridgehead atoms. The van der Waals surface area contributed by atoms with Gasteiger partial charge in [0.2, 0.25) is 0 Å². The van der Waals surface area contributed by atoms with E-state index in [1.54, 1.807) is 12.1 Å². The lowest BCUT2D eigenvalue weighted by atomic mass is 9.77. The summed E-state index contributed by atoms with van der Waals surface area (Å²) in [5.74, 6) is -1.11. The molecule has 0 aliphatic heterocycles. The van der Waals surface area contributed by atoms with Crippen LogP contribution in [0.15, 0.2) is 36.4 Å². The van der Waals surface area contributed by atoms with Gasteiger partial charge in [0.05, 0.1) is 5.56 Å². The Hall–Kier alpha value is -2.54. The third kappa shape index (κ3) is 5.79. The lowest BCUT2D eigenvalue weighted by Gasteiger charge is -2.29. The maximum atomic E-state index is 13.3. The van der Waals surface area contributed by atoms with Crippen molar-refractivity contribution in [3.05, 3.63) is 64.2 Å². The zero-order valence-electron chi connectivity index (χ0n) is 18.7. The lowest BCUT2D eigenvalue weighted by Crippen LogP contribution is -2.30. The highest BCUT2D eigenvalue weighted by Crippen LogP contribution is 2.41. The van der Waals surface area contributed by atoms with Crippen LogP contribution in [-0.4, -0.2) is 16.2 Å². The van der Waals surface area contributed by atoms with Crippen LogP contribution >= 0.6 is 0 Å². The number of carbonyl (C=O) groups is 1. The van der Waals surface area contributed by atoms with Crippen molar-refractivity contribution in [2.24, 2.45) is 0 Å². The first kappa shape index (κ1) is 24.7. The first-order valence-corrected chi connectivity index (χ1v) is 10.0. The molecule has 0 aromatic heterocycles. The fourth-order valence-electron chi connectivity index (χ4n) is 3.48. The number of phenols is 1. The van der Waals surface area contributed by atoms with Gasteiger partial charge in [-0.1, -0.05) is 59.7 Å². The Bertz CT molecular complexity index is 919. The maximum Gasteiger partial charge on any atom is 0.416 e. The molecule has 0 spiro atoms.